The number of ether oxygens (including phenoxy) is 2. The molecule has 1 aromatic carbocycles. The number of hydrogen-bond donors (Lipinski definition) is 0. The van der Waals surface area contributed by atoms with Crippen molar-refractivity contribution in [2.45, 2.75) is 25.8 Å². The Morgan fingerprint density at radius 2 is 1.97 bits per heavy atom. The molecule has 38 heavy (non-hydrogen) atoms. The van der Waals surface area contributed by atoms with Gasteiger partial charge in [0, 0.05) is 32.2 Å². The van der Waals surface area contributed by atoms with Crippen molar-refractivity contribution >= 4 is 22.8 Å². The molecule has 4 heterocycles. The number of likely N-dealkylation sites (tertiary alicyclic amines) is 1. The predicted octanol–water partition coefficient (Wildman–Crippen LogP) is 3.46. The maximum absolute atomic E-state index is 15.0. The monoisotopic (exact) mass is 520 g/mol. The van der Waals surface area contributed by atoms with Crippen molar-refractivity contribution in [3.8, 4) is 23.0 Å². The Bertz CT molecular complexity index is 1360. The molecule has 2 aromatic heterocycles. The van der Waals surface area contributed by atoms with E-state index in [1.807, 2.05) is 13.0 Å². The molecule has 5 rings (SSSR count). The fourth-order valence-electron chi connectivity index (χ4n) is 5.21. The normalized spacial score (nSPS) is 18.2. The van der Waals surface area contributed by atoms with Gasteiger partial charge in [-0.2, -0.15) is 9.97 Å². The zero-order valence-corrected chi connectivity index (χ0v) is 22.1. The Labute approximate surface area is 221 Å². The first-order valence-electron chi connectivity index (χ1n) is 12.9. The van der Waals surface area contributed by atoms with E-state index in [9.17, 15) is 9.18 Å². The molecule has 0 radical (unpaired) electrons. The van der Waals surface area contributed by atoms with Crippen molar-refractivity contribution < 1.29 is 18.7 Å². The van der Waals surface area contributed by atoms with Crippen LogP contribution in [-0.4, -0.2) is 90.2 Å². The second kappa shape index (κ2) is 10.9. The average Bonchev–Trinajstić information content (AvgIpc) is 3.35. The van der Waals surface area contributed by atoms with E-state index in [0.717, 1.165) is 30.3 Å². The molecule has 0 bridgehead atoms. The van der Waals surface area contributed by atoms with Gasteiger partial charge in [-0.25, -0.2) is 9.37 Å². The van der Waals surface area contributed by atoms with Crippen LogP contribution >= 0.6 is 0 Å². The number of carbonyl (C=O) groups excluding carboxylic acids is 1. The number of fused-ring (bicyclic) bond motifs is 1. The number of halogens is 1. The number of anilines is 1. The number of benzene rings is 1. The molecule has 0 saturated carbocycles. The number of nitrogens with zero attached hydrogens (tertiary/aromatic N) is 6. The molecule has 2 fully saturated rings. The first-order valence-corrected chi connectivity index (χ1v) is 12.9. The fourth-order valence-corrected chi connectivity index (χ4v) is 5.21. The van der Waals surface area contributed by atoms with Crippen molar-refractivity contribution in [2.75, 3.05) is 58.4 Å². The summed E-state index contributed by atoms with van der Waals surface area (Å²) in [4.78, 5) is 32.5. The van der Waals surface area contributed by atoms with Crippen LogP contribution in [0.4, 0.5) is 10.2 Å². The van der Waals surface area contributed by atoms with E-state index in [1.54, 1.807) is 17.0 Å². The minimum atomic E-state index is -0.419. The summed E-state index contributed by atoms with van der Waals surface area (Å²) in [5.41, 5.74) is 1.94. The largest absolute Gasteiger partial charge is 0.496 e. The number of methoxy groups -OCH3 is 1. The number of piperazine rings is 1. The molecule has 2 aliphatic rings. The fraction of sp³-hybridized carbons (Fsp3) is 0.429. The first-order chi connectivity index (χ1) is 18.4. The summed E-state index contributed by atoms with van der Waals surface area (Å²) in [5, 5.41) is 0.746. The summed E-state index contributed by atoms with van der Waals surface area (Å²) >= 11 is 0. The lowest BCUT2D eigenvalue weighted by molar-refractivity contribution is -0.126. The Morgan fingerprint density at radius 3 is 2.66 bits per heavy atom. The second-order valence-electron chi connectivity index (χ2n) is 9.78. The van der Waals surface area contributed by atoms with Crippen LogP contribution in [0.5, 0.6) is 11.8 Å². The van der Waals surface area contributed by atoms with Crippen LogP contribution in [0.25, 0.3) is 22.3 Å². The van der Waals surface area contributed by atoms with Crippen LogP contribution in [0.2, 0.25) is 0 Å². The number of pyridine rings is 1. The molecule has 0 spiro atoms. The summed E-state index contributed by atoms with van der Waals surface area (Å²) in [6.07, 6.45) is 3.54. The van der Waals surface area contributed by atoms with Crippen LogP contribution < -0.4 is 14.4 Å². The molecule has 1 amide bonds. The van der Waals surface area contributed by atoms with Gasteiger partial charge in [-0.15, -0.1) is 0 Å². The number of amides is 1. The zero-order valence-electron chi connectivity index (χ0n) is 22.1. The van der Waals surface area contributed by atoms with Crippen molar-refractivity contribution in [1.82, 2.24) is 24.8 Å². The minimum absolute atomic E-state index is 0.0807. The van der Waals surface area contributed by atoms with Gasteiger partial charge in [0.25, 0.3) is 0 Å². The Morgan fingerprint density at radius 1 is 1.18 bits per heavy atom. The summed E-state index contributed by atoms with van der Waals surface area (Å²) in [6, 6.07) is 7.19. The van der Waals surface area contributed by atoms with Crippen molar-refractivity contribution in [1.29, 1.82) is 0 Å². The van der Waals surface area contributed by atoms with E-state index in [0.29, 0.717) is 67.3 Å². The number of likely N-dealkylation sites (N-methyl/N-ethyl adjacent to an activating group) is 1. The number of carbonyl (C=O) groups is 1. The second-order valence-corrected chi connectivity index (χ2v) is 9.78. The molecule has 0 unspecified atom stereocenters. The molecule has 2 saturated heterocycles. The van der Waals surface area contributed by atoms with Gasteiger partial charge in [-0.3, -0.25) is 4.79 Å². The Kier molecular flexibility index (Phi) is 7.42. The van der Waals surface area contributed by atoms with Gasteiger partial charge in [-0.05, 0) is 63.2 Å². The standard InChI is InChI=1S/C28H33FN6O3/c1-5-23(36)34-12-14-35(15-13-34)27-20-16-18(2)25(24-21(29)9-6-10-22(24)37-4)30-26(20)31-28(32-27)38-17-19-8-7-11-33(19)3/h5-6,9-10,16,19H,1,7-8,11-15,17H2,2-4H3/t19-/m0/s1. The first kappa shape index (κ1) is 25.8. The van der Waals surface area contributed by atoms with E-state index in [-0.39, 0.29) is 11.9 Å². The van der Waals surface area contributed by atoms with Crippen LogP contribution in [0.1, 0.15) is 18.4 Å². The highest BCUT2D eigenvalue weighted by Crippen LogP contribution is 2.36. The van der Waals surface area contributed by atoms with Gasteiger partial charge in [-0.1, -0.05) is 12.6 Å². The van der Waals surface area contributed by atoms with Crippen molar-refractivity contribution in [3.63, 3.8) is 0 Å². The molecule has 9 nitrogen and oxygen atoms in total. The lowest BCUT2D eigenvalue weighted by atomic mass is 10.0. The lowest BCUT2D eigenvalue weighted by Crippen LogP contribution is -2.48. The molecule has 0 N–H and O–H groups in total. The highest BCUT2D eigenvalue weighted by atomic mass is 19.1. The van der Waals surface area contributed by atoms with Gasteiger partial charge in [0.15, 0.2) is 5.65 Å². The third kappa shape index (κ3) is 5.00. The van der Waals surface area contributed by atoms with E-state index >= 15 is 0 Å². The summed E-state index contributed by atoms with van der Waals surface area (Å²) in [5.74, 6) is 0.594. The molecule has 0 aliphatic carbocycles. The SMILES string of the molecule is C=CC(=O)N1CCN(c2nc(OC[C@@H]3CCCN3C)nc3nc(-c4c(F)cccc4OC)c(C)cc23)CC1. The van der Waals surface area contributed by atoms with E-state index < -0.39 is 5.82 Å². The molecule has 1 atom stereocenters. The Hall–Kier alpha value is -3.79. The summed E-state index contributed by atoms with van der Waals surface area (Å²) in [6.45, 7) is 9.30. The topological polar surface area (TPSA) is 83.9 Å². The van der Waals surface area contributed by atoms with Crippen molar-refractivity contribution in [2.24, 2.45) is 0 Å². The van der Waals surface area contributed by atoms with E-state index in [1.165, 1.54) is 19.3 Å². The number of hydrogen-bond acceptors (Lipinski definition) is 8. The zero-order chi connectivity index (χ0) is 26.8. The number of aryl methyl sites for hydroxylation is 1. The van der Waals surface area contributed by atoms with E-state index in [2.05, 4.69) is 28.4 Å². The highest BCUT2D eigenvalue weighted by Gasteiger charge is 2.26. The predicted molar refractivity (Wildman–Crippen MR) is 144 cm³/mol. The van der Waals surface area contributed by atoms with Gasteiger partial charge >= 0.3 is 6.01 Å². The quantitative estimate of drug-likeness (QED) is 0.438. The Balaban J connectivity index is 1.56. The molecule has 10 heteroatoms. The van der Waals surface area contributed by atoms with E-state index in [4.69, 9.17) is 19.4 Å². The molecular weight excluding hydrogens is 487 g/mol. The van der Waals surface area contributed by atoms with Crippen molar-refractivity contribution in [3.05, 3.63) is 48.3 Å². The smallest absolute Gasteiger partial charge is 0.320 e. The molecule has 200 valence electrons. The molecule has 2 aliphatic heterocycles. The molecule has 3 aromatic rings. The number of rotatable bonds is 7. The highest BCUT2D eigenvalue weighted by molar-refractivity contribution is 5.91. The summed E-state index contributed by atoms with van der Waals surface area (Å²) in [7, 11) is 3.60. The number of aromatic nitrogens is 3. The lowest BCUT2D eigenvalue weighted by Gasteiger charge is -2.35. The minimum Gasteiger partial charge on any atom is -0.496 e. The maximum Gasteiger partial charge on any atom is 0.320 e. The molecular formula is C28H33FN6O3. The van der Waals surface area contributed by atoms with Crippen LogP contribution in [0.15, 0.2) is 36.9 Å². The van der Waals surface area contributed by atoms with Gasteiger partial charge < -0.3 is 24.2 Å². The third-order valence-corrected chi connectivity index (χ3v) is 7.41. The van der Waals surface area contributed by atoms with Crippen LogP contribution in [0, 0.1) is 12.7 Å². The third-order valence-electron chi connectivity index (χ3n) is 7.41. The average molecular weight is 521 g/mol. The van der Waals surface area contributed by atoms with Gasteiger partial charge in [0.1, 0.15) is 24.0 Å². The van der Waals surface area contributed by atoms with Crippen LogP contribution in [0.3, 0.4) is 0 Å². The van der Waals surface area contributed by atoms with Crippen LogP contribution in [-0.2, 0) is 4.79 Å². The summed E-state index contributed by atoms with van der Waals surface area (Å²) < 4.78 is 26.5. The van der Waals surface area contributed by atoms with Gasteiger partial charge in [0.05, 0.1) is 23.8 Å². The maximum atomic E-state index is 15.0. The van der Waals surface area contributed by atoms with Gasteiger partial charge in [0.2, 0.25) is 5.91 Å².